The molecule has 4 amide bonds. The number of anilines is 1. The van der Waals surface area contributed by atoms with E-state index in [1.54, 1.807) is 65.0 Å². The van der Waals surface area contributed by atoms with Crippen molar-refractivity contribution in [3.05, 3.63) is 58.1 Å². The molecule has 0 aromatic heterocycles. The number of phenols is 1. The first-order valence-electron chi connectivity index (χ1n) is 15.1. The monoisotopic (exact) mass is 630 g/mol. The Bertz CT molecular complexity index is 1290. The van der Waals surface area contributed by atoms with E-state index < -0.39 is 47.9 Å². The number of rotatable bonds is 15. The summed E-state index contributed by atoms with van der Waals surface area (Å²) in [7, 11) is 0. The zero-order chi connectivity index (χ0) is 33.0. The molecular formula is C33H47ClN4O6. The van der Waals surface area contributed by atoms with Crippen molar-refractivity contribution in [1.82, 2.24) is 10.2 Å². The van der Waals surface area contributed by atoms with Gasteiger partial charge >= 0.3 is 6.09 Å². The average Bonchev–Trinajstić information content (AvgIpc) is 2.91. The number of aromatic hydroxyl groups is 1. The van der Waals surface area contributed by atoms with E-state index in [2.05, 4.69) is 17.6 Å². The van der Waals surface area contributed by atoms with Gasteiger partial charge in [0.2, 0.25) is 11.8 Å². The van der Waals surface area contributed by atoms with Gasteiger partial charge in [0, 0.05) is 6.54 Å². The van der Waals surface area contributed by atoms with Gasteiger partial charge in [0.05, 0.1) is 17.1 Å². The van der Waals surface area contributed by atoms with Crippen molar-refractivity contribution in [2.24, 2.45) is 5.73 Å². The standard InChI is InChI=1S/C33H47ClN4O6/c1-7-8-9-10-11-12-18-38(31(42)25(20-27(35)40)36-32(43)44-33(4,5)6)29(23-16-17-26(39)22(3)19-23)30(41)37-28-21(2)14-13-15-24(28)34/h13-17,19,25,29,39H,7-12,18,20H2,1-6H3,(H2,35,40)(H,36,43)(H,37,41). The summed E-state index contributed by atoms with van der Waals surface area (Å²) in [5.41, 5.74) is 6.68. The number of primary amides is 1. The quantitative estimate of drug-likeness (QED) is 0.170. The Labute approximate surface area is 265 Å². The summed E-state index contributed by atoms with van der Waals surface area (Å²) < 4.78 is 5.35. The summed E-state index contributed by atoms with van der Waals surface area (Å²) in [5, 5.41) is 15.9. The summed E-state index contributed by atoms with van der Waals surface area (Å²) in [6.45, 7) is 10.8. The number of nitrogens with two attached hydrogens (primary N) is 1. The molecule has 0 aliphatic rings. The second kappa shape index (κ2) is 16.9. The molecule has 0 aliphatic carbocycles. The molecule has 11 heteroatoms. The van der Waals surface area contributed by atoms with Gasteiger partial charge in [-0.3, -0.25) is 14.4 Å². The highest BCUT2D eigenvalue weighted by atomic mass is 35.5. The van der Waals surface area contributed by atoms with Gasteiger partial charge < -0.3 is 31.1 Å². The maximum atomic E-state index is 14.3. The molecule has 2 rings (SSSR count). The van der Waals surface area contributed by atoms with Crippen molar-refractivity contribution in [2.45, 2.75) is 104 Å². The second-order valence-electron chi connectivity index (χ2n) is 12.0. The number of carbonyl (C=O) groups is 4. The van der Waals surface area contributed by atoms with Gasteiger partial charge in [0.1, 0.15) is 23.4 Å². The van der Waals surface area contributed by atoms with Crippen molar-refractivity contribution in [1.29, 1.82) is 0 Å². The van der Waals surface area contributed by atoms with E-state index in [4.69, 9.17) is 22.1 Å². The molecule has 0 heterocycles. The molecule has 242 valence electrons. The normalized spacial score (nSPS) is 12.6. The zero-order valence-corrected chi connectivity index (χ0v) is 27.4. The topological polar surface area (TPSA) is 151 Å². The predicted molar refractivity (Wildman–Crippen MR) is 172 cm³/mol. The van der Waals surface area contributed by atoms with Crippen LogP contribution in [-0.4, -0.2) is 52.0 Å². The van der Waals surface area contributed by atoms with Gasteiger partial charge in [-0.2, -0.15) is 0 Å². The second-order valence-corrected chi connectivity index (χ2v) is 12.4. The highest BCUT2D eigenvalue weighted by molar-refractivity contribution is 6.34. The minimum atomic E-state index is -1.39. The number of ether oxygens (including phenoxy) is 1. The molecule has 0 bridgehead atoms. The summed E-state index contributed by atoms with van der Waals surface area (Å²) in [5.74, 6) is -2.01. The van der Waals surface area contributed by atoms with E-state index in [-0.39, 0.29) is 12.3 Å². The lowest BCUT2D eigenvalue weighted by Crippen LogP contribution is -2.53. The number of unbranched alkanes of at least 4 members (excludes halogenated alkanes) is 5. The molecule has 0 aliphatic heterocycles. The summed E-state index contributed by atoms with van der Waals surface area (Å²) in [4.78, 5) is 54.6. The first kappa shape index (κ1) is 36.4. The van der Waals surface area contributed by atoms with E-state index in [0.717, 1.165) is 37.7 Å². The molecule has 0 radical (unpaired) electrons. The number of aryl methyl sites for hydroxylation is 2. The van der Waals surface area contributed by atoms with Crippen molar-refractivity contribution < 1.29 is 29.0 Å². The van der Waals surface area contributed by atoms with Crippen LogP contribution in [0.2, 0.25) is 5.02 Å². The number of carbonyl (C=O) groups excluding carboxylic acids is 4. The van der Waals surface area contributed by atoms with Crippen molar-refractivity contribution >= 4 is 41.1 Å². The number of amides is 4. The predicted octanol–water partition coefficient (Wildman–Crippen LogP) is 6.30. The van der Waals surface area contributed by atoms with E-state index in [0.29, 0.717) is 28.3 Å². The van der Waals surface area contributed by atoms with Crippen LogP contribution in [0, 0.1) is 13.8 Å². The molecule has 2 unspecified atom stereocenters. The lowest BCUT2D eigenvalue weighted by molar-refractivity contribution is -0.142. The third-order valence-electron chi connectivity index (χ3n) is 7.00. The molecular weight excluding hydrogens is 584 g/mol. The van der Waals surface area contributed by atoms with E-state index in [1.165, 1.54) is 11.0 Å². The molecule has 44 heavy (non-hydrogen) atoms. The van der Waals surface area contributed by atoms with Crippen LogP contribution >= 0.6 is 11.6 Å². The summed E-state index contributed by atoms with van der Waals surface area (Å²) >= 11 is 6.43. The molecule has 0 fully saturated rings. The number of hydrogen-bond acceptors (Lipinski definition) is 6. The molecule has 0 spiro atoms. The van der Waals surface area contributed by atoms with Gasteiger partial charge in [-0.25, -0.2) is 4.79 Å². The number of nitrogens with zero attached hydrogens (tertiary/aromatic N) is 1. The minimum Gasteiger partial charge on any atom is -0.508 e. The molecule has 0 saturated carbocycles. The molecule has 2 aromatic carbocycles. The van der Waals surface area contributed by atoms with Crippen LogP contribution in [0.5, 0.6) is 5.75 Å². The van der Waals surface area contributed by atoms with Gasteiger partial charge in [-0.15, -0.1) is 0 Å². The van der Waals surface area contributed by atoms with Crippen molar-refractivity contribution in [2.75, 3.05) is 11.9 Å². The van der Waals surface area contributed by atoms with Crippen LogP contribution in [0.25, 0.3) is 0 Å². The van der Waals surface area contributed by atoms with Gasteiger partial charge in [-0.1, -0.05) is 68.8 Å². The Morgan fingerprint density at radius 3 is 2.25 bits per heavy atom. The maximum absolute atomic E-state index is 14.3. The average molecular weight is 631 g/mol. The lowest BCUT2D eigenvalue weighted by Gasteiger charge is -2.34. The number of para-hydroxylation sites is 1. The van der Waals surface area contributed by atoms with Crippen LogP contribution in [0.3, 0.4) is 0 Å². The fraction of sp³-hybridized carbons (Fsp3) is 0.515. The van der Waals surface area contributed by atoms with E-state index in [1.807, 2.05) is 0 Å². The smallest absolute Gasteiger partial charge is 0.408 e. The third kappa shape index (κ3) is 11.4. The first-order chi connectivity index (χ1) is 20.6. The fourth-order valence-electron chi connectivity index (χ4n) is 4.78. The van der Waals surface area contributed by atoms with E-state index in [9.17, 15) is 24.3 Å². The van der Waals surface area contributed by atoms with Crippen molar-refractivity contribution in [3.63, 3.8) is 0 Å². The molecule has 10 nitrogen and oxygen atoms in total. The van der Waals surface area contributed by atoms with Crippen LogP contribution in [0.4, 0.5) is 10.5 Å². The number of nitrogens with one attached hydrogen (secondary N) is 2. The van der Waals surface area contributed by atoms with Crippen molar-refractivity contribution in [3.8, 4) is 5.75 Å². The third-order valence-corrected chi connectivity index (χ3v) is 7.31. The number of phenolic OH excluding ortho intramolecular Hbond substituents is 1. The highest BCUT2D eigenvalue weighted by Gasteiger charge is 2.37. The van der Waals surface area contributed by atoms with Crippen LogP contribution in [0.15, 0.2) is 36.4 Å². The Kier molecular flexibility index (Phi) is 14.0. The molecule has 2 aromatic rings. The molecule has 2 atom stereocenters. The van der Waals surface area contributed by atoms with Crippen LogP contribution in [-0.2, 0) is 19.1 Å². The largest absolute Gasteiger partial charge is 0.508 e. The maximum Gasteiger partial charge on any atom is 0.408 e. The number of benzene rings is 2. The Hall–Kier alpha value is -3.79. The summed E-state index contributed by atoms with van der Waals surface area (Å²) in [6, 6.07) is 7.27. The highest BCUT2D eigenvalue weighted by Crippen LogP contribution is 2.31. The minimum absolute atomic E-state index is 0.0295. The SMILES string of the molecule is CCCCCCCCN(C(=O)C(CC(N)=O)NC(=O)OC(C)(C)C)C(C(=O)Nc1c(C)cccc1Cl)c1ccc(O)c(C)c1. The number of alkyl carbamates (subject to hydrolysis) is 1. The number of halogens is 1. The molecule has 5 N–H and O–H groups in total. The Balaban J connectivity index is 2.60. The van der Waals surface area contributed by atoms with Gasteiger partial charge in [-0.05, 0) is 75.9 Å². The lowest BCUT2D eigenvalue weighted by atomic mass is 9.99. The zero-order valence-electron chi connectivity index (χ0n) is 26.7. The number of hydrogen-bond donors (Lipinski definition) is 4. The van der Waals surface area contributed by atoms with Crippen LogP contribution < -0.4 is 16.4 Å². The Morgan fingerprint density at radius 1 is 1.00 bits per heavy atom. The fourth-order valence-corrected chi connectivity index (χ4v) is 5.05. The van der Waals surface area contributed by atoms with E-state index >= 15 is 0 Å². The first-order valence-corrected chi connectivity index (χ1v) is 15.5. The van der Waals surface area contributed by atoms with Gasteiger partial charge in [0.15, 0.2) is 0 Å². The molecule has 0 saturated heterocycles. The van der Waals surface area contributed by atoms with Gasteiger partial charge in [0.25, 0.3) is 5.91 Å². The van der Waals surface area contributed by atoms with Crippen LogP contribution in [0.1, 0.15) is 95.4 Å². The Morgan fingerprint density at radius 2 is 1.66 bits per heavy atom. The summed E-state index contributed by atoms with van der Waals surface area (Å²) in [6.07, 6.45) is 4.14.